The summed E-state index contributed by atoms with van der Waals surface area (Å²) in [6.07, 6.45) is 6.39. The lowest BCUT2D eigenvalue weighted by atomic mass is 9.76. The maximum atomic E-state index is 10.7. The summed E-state index contributed by atoms with van der Waals surface area (Å²) in [6.45, 7) is 0. The molecule has 0 bridgehead atoms. The van der Waals surface area contributed by atoms with Crippen molar-refractivity contribution in [3.8, 4) is 0 Å². The molecule has 1 fully saturated rings. The molecule has 0 amide bonds. The van der Waals surface area contributed by atoms with Crippen LogP contribution in [0.25, 0.3) is 0 Å². The first-order valence-corrected chi connectivity index (χ1v) is 4.93. The van der Waals surface area contributed by atoms with Gasteiger partial charge in [-0.05, 0) is 12.8 Å². The Labute approximate surface area is 74.8 Å². The van der Waals surface area contributed by atoms with Gasteiger partial charge in [-0.1, -0.05) is 31.5 Å². The minimum absolute atomic E-state index is 0.0579. The second-order valence-electron chi connectivity index (χ2n) is 4.00. The highest BCUT2D eigenvalue weighted by Gasteiger charge is 2.19. The van der Waals surface area contributed by atoms with E-state index in [0.29, 0.717) is 0 Å². The van der Waals surface area contributed by atoms with Gasteiger partial charge < -0.3 is 5.11 Å². The van der Waals surface area contributed by atoms with Crippen LogP contribution in [-0.4, -0.2) is 18.9 Å². The van der Waals surface area contributed by atoms with Crippen LogP contribution in [-0.2, 0) is 4.79 Å². The van der Waals surface area contributed by atoms with Gasteiger partial charge >= 0.3 is 5.97 Å². The highest BCUT2D eigenvalue weighted by Crippen LogP contribution is 2.27. The topological polar surface area (TPSA) is 37.3 Å². The van der Waals surface area contributed by atoms with E-state index >= 15 is 0 Å². The molecule has 0 heterocycles. The molecule has 1 rings (SSSR count). The summed E-state index contributed by atoms with van der Waals surface area (Å²) in [5.41, 5.74) is 0. The average molecular weight is 168 g/mol. The van der Waals surface area contributed by atoms with Crippen LogP contribution in [0, 0.1) is 5.92 Å². The normalized spacial score (nSPS) is 32.0. The molecule has 0 aromatic heterocycles. The standard InChI is InChI=1S/C9H17BO2/c10-8-5-1-3-7(9(11)12)4-2-6-8/h7-8H,1-6,10H2,(H,11,12). The lowest BCUT2D eigenvalue weighted by Crippen LogP contribution is -2.15. The van der Waals surface area contributed by atoms with E-state index < -0.39 is 5.97 Å². The Morgan fingerprint density at radius 2 is 1.67 bits per heavy atom. The van der Waals surface area contributed by atoms with Gasteiger partial charge in [-0.25, -0.2) is 0 Å². The molecule has 3 heteroatoms. The Hall–Kier alpha value is -0.465. The molecule has 12 heavy (non-hydrogen) atoms. The first kappa shape index (κ1) is 9.62. The van der Waals surface area contributed by atoms with Crippen LogP contribution < -0.4 is 0 Å². The minimum atomic E-state index is -0.593. The summed E-state index contributed by atoms with van der Waals surface area (Å²) >= 11 is 0. The first-order chi connectivity index (χ1) is 5.70. The van der Waals surface area contributed by atoms with Crippen molar-refractivity contribution in [3.63, 3.8) is 0 Å². The van der Waals surface area contributed by atoms with Crippen molar-refractivity contribution in [2.24, 2.45) is 5.92 Å². The Bertz CT molecular complexity index is 149. The number of rotatable bonds is 1. The van der Waals surface area contributed by atoms with Crippen molar-refractivity contribution < 1.29 is 9.90 Å². The Balaban J connectivity index is 2.35. The van der Waals surface area contributed by atoms with E-state index in [0.717, 1.165) is 31.5 Å². The monoisotopic (exact) mass is 168 g/mol. The van der Waals surface area contributed by atoms with Gasteiger partial charge in [0.15, 0.2) is 0 Å². The number of carboxylic acid groups (broad SMARTS) is 1. The highest BCUT2D eigenvalue weighted by atomic mass is 16.4. The number of hydrogen-bond acceptors (Lipinski definition) is 1. The summed E-state index contributed by atoms with van der Waals surface area (Å²) in [7, 11) is 2.26. The molecule has 0 aliphatic heterocycles. The molecular formula is C9H17BO2. The van der Waals surface area contributed by atoms with Crippen molar-refractivity contribution in [2.75, 3.05) is 0 Å². The van der Waals surface area contributed by atoms with Crippen molar-refractivity contribution in [2.45, 2.75) is 44.3 Å². The molecule has 1 aliphatic carbocycles. The molecule has 0 atom stereocenters. The summed E-state index contributed by atoms with van der Waals surface area (Å²) in [5, 5.41) is 8.82. The van der Waals surface area contributed by atoms with Crippen molar-refractivity contribution in [3.05, 3.63) is 0 Å². The molecule has 0 spiro atoms. The van der Waals surface area contributed by atoms with Crippen LogP contribution in [0.5, 0.6) is 0 Å². The Kier molecular flexibility index (Phi) is 3.64. The largest absolute Gasteiger partial charge is 0.481 e. The lowest BCUT2D eigenvalue weighted by Gasteiger charge is -2.19. The van der Waals surface area contributed by atoms with E-state index in [1.165, 1.54) is 12.8 Å². The second-order valence-corrected chi connectivity index (χ2v) is 4.00. The third kappa shape index (κ3) is 2.88. The van der Waals surface area contributed by atoms with Crippen LogP contribution >= 0.6 is 0 Å². The zero-order valence-corrected chi connectivity index (χ0v) is 7.75. The van der Waals surface area contributed by atoms with Crippen molar-refractivity contribution >= 4 is 13.8 Å². The van der Waals surface area contributed by atoms with E-state index in [9.17, 15) is 4.79 Å². The van der Waals surface area contributed by atoms with Gasteiger partial charge in [-0.15, -0.1) is 0 Å². The van der Waals surface area contributed by atoms with E-state index in [4.69, 9.17) is 5.11 Å². The van der Waals surface area contributed by atoms with Gasteiger partial charge in [-0.3, -0.25) is 4.79 Å². The van der Waals surface area contributed by atoms with E-state index in [1.54, 1.807) is 0 Å². The Morgan fingerprint density at radius 3 is 2.08 bits per heavy atom. The van der Waals surface area contributed by atoms with Gasteiger partial charge in [0.25, 0.3) is 0 Å². The van der Waals surface area contributed by atoms with Crippen LogP contribution in [0.4, 0.5) is 0 Å². The molecule has 68 valence electrons. The third-order valence-corrected chi connectivity index (χ3v) is 2.85. The summed E-state index contributed by atoms with van der Waals surface area (Å²) in [6, 6.07) is 0. The molecule has 1 aliphatic rings. The molecule has 0 radical (unpaired) electrons. The summed E-state index contributed by atoms with van der Waals surface area (Å²) in [5.74, 6) is 0.154. The van der Waals surface area contributed by atoms with Crippen LogP contribution in [0.3, 0.4) is 0 Å². The summed E-state index contributed by atoms with van der Waals surface area (Å²) < 4.78 is 0. The van der Waals surface area contributed by atoms with Gasteiger partial charge in [-0.2, -0.15) is 0 Å². The summed E-state index contributed by atoms with van der Waals surface area (Å²) in [4.78, 5) is 10.7. The van der Waals surface area contributed by atoms with Gasteiger partial charge in [0.2, 0.25) is 0 Å². The number of aliphatic carboxylic acids is 1. The fraction of sp³-hybridized carbons (Fsp3) is 0.889. The minimum Gasteiger partial charge on any atom is -0.481 e. The fourth-order valence-corrected chi connectivity index (χ4v) is 1.96. The smallest absolute Gasteiger partial charge is 0.306 e. The van der Waals surface area contributed by atoms with Crippen molar-refractivity contribution in [1.29, 1.82) is 0 Å². The molecule has 0 saturated heterocycles. The molecule has 0 aromatic carbocycles. The predicted octanol–water partition coefficient (Wildman–Crippen LogP) is 1.46. The van der Waals surface area contributed by atoms with Crippen molar-refractivity contribution in [1.82, 2.24) is 0 Å². The quantitative estimate of drug-likeness (QED) is 0.601. The van der Waals surface area contributed by atoms with E-state index in [2.05, 4.69) is 7.85 Å². The number of carboxylic acids is 1. The Morgan fingerprint density at radius 1 is 1.17 bits per heavy atom. The highest BCUT2D eigenvalue weighted by molar-refractivity contribution is 6.11. The molecule has 0 unspecified atom stereocenters. The fourth-order valence-electron chi connectivity index (χ4n) is 1.96. The molecule has 0 aromatic rings. The van der Waals surface area contributed by atoms with Crippen LogP contribution in [0.1, 0.15) is 38.5 Å². The van der Waals surface area contributed by atoms with Gasteiger partial charge in [0.05, 0.1) is 5.92 Å². The van der Waals surface area contributed by atoms with Gasteiger partial charge in [0.1, 0.15) is 7.85 Å². The average Bonchev–Trinajstić information content (AvgIpc) is 1.95. The zero-order chi connectivity index (χ0) is 8.97. The maximum absolute atomic E-state index is 10.7. The predicted molar refractivity (Wildman–Crippen MR) is 51.1 cm³/mol. The zero-order valence-electron chi connectivity index (χ0n) is 7.75. The number of carbonyl (C=O) groups is 1. The van der Waals surface area contributed by atoms with Gasteiger partial charge in [0, 0.05) is 0 Å². The van der Waals surface area contributed by atoms with Crippen LogP contribution in [0.15, 0.2) is 0 Å². The molecule has 2 nitrogen and oxygen atoms in total. The van der Waals surface area contributed by atoms with E-state index in [1.807, 2.05) is 0 Å². The first-order valence-electron chi connectivity index (χ1n) is 4.93. The van der Waals surface area contributed by atoms with Crippen LogP contribution in [0.2, 0.25) is 5.82 Å². The molecule has 1 N–H and O–H groups in total. The molecular weight excluding hydrogens is 151 g/mol. The molecule has 1 saturated carbocycles. The second kappa shape index (κ2) is 4.53. The van der Waals surface area contributed by atoms with E-state index in [-0.39, 0.29) is 5.92 Å². The SMILES string of the molecule is BC1CCCC(C(=O)O)CCC1. The third-order valence-electron chi connectivity index (χ3n) is 2.85. The lowest BCUT2D eigenvalue weighted by molar-refractivity contribution is -0.142. The number of hydrogen-bond donors (Lipinski definition) is 1. The maximum Gasteiger partial charge on any atom is 0.306 e.